The molecular weight excluding hydrogens is 414 g/mol. The Morgan fingerprint density at radius 3 is 1.39 bits per heavy atom. The van der Waals surface area contributed by atoms with E-state index in [2.05, 4.69) is 19.1 Å². The SMILES string of the molecule is CCCCCCCC/C=C\CCCCCCCC(=O)O.O=C([O-])C(=O)[O-].[K+].[K+]. The Bertz CT molecular complexity index is 388. The molecule has 0 aliphatic heterocycles. The second kappa shape index (κ2) is 30.6. The Balaban J connectivity index is -0.000000312. The molecule has 0 aromatic rings. The van der Waals surface area contributed by atoms with Crippen LogP contribution in [0.4, 0.5) is 0 Å². The van der Waals surface area contributed by atoms with Crippen LogP contribution in [0.2, 0.25) is 0 Å². The van der Waals surface area contributed by atoms with E-state index in [1.165, 1.54) is 70.6 Å². The number of hydrogen-bond acceptors (Lipinski definition) is 5. The Kier molecular flexibility index (Phi) is 40.2. The van der Waals surface area contributed by atoms with E-state index in [4.69, 9.17) is 24.9 Å². The first-order valence-electron chi connectivity index (χ1n) is 9.70. The summed E-state index contributed by atoms with van der Waals surface area (Å²) in [5.74, 6) is -5.03. The largest absolute Gasteiger partial charge is 1.00 e. The van der Waals surface area contributed by atoms with Gasteiger partial charge in [-0.1, -0.05) is 70.4 Å². The molecule has 1 N–H and O–H groups in total. The molecule has 0 spiro atoms. The molecule has 0 rings (SSSR count). The average molecular weight is 449 g/mol. The zero-order chi connectivity index (χ0) is 20.0. The summed E-state index contributed by atoms with van der Waals surface area (Å²) < 4.78 is 0. The molecule has 0 fully saturated rings. The smallest absolute Gasteiger partial charge is 0.543 e. The third-order valence-corrected chi connectivity index (χ3v) is 3.82. The van der Waals surface area contributed by atoms with Crippen LogP contribution in [0, 0.1) is 0 Å². The summed E-state index contributed by atoms with van der Waals surface area (Å²) in [6.45, 7) is 2.26. The number of carbonyl (C=O) groups excluding carboxylic acids is 2. The van der Waals surface area contributed by atoms with Gasteiger partial charge in [0.1, 0.15) is 0 Å². The van der Waals surface area contributed by atoms with Gasteiger partial charge in [-0.2, -0.15) is 0 Å². The zero-order valence-electron chi connectivity index (χ0n) is 18.0. The van der Waals surface area contributed by atoms with Gasteiger partial charge in [-0.05, 0) is 32.1 Å². The molecule has 0 aromatic heterocycles. The molecule has 0 atom stereocenters. The molecular formula is C20H34K2O6. The van der Waals surface area contributed by atoms with Crippen molar-refractivity contribution < 1.29 is 132 Å². The number of hydrogen-bond donors (Lipinski definition) is 1. The summed E-state index contributed by atoms with van der Waals surface area (Å²) in [4.78, 5) is 28.2. The van der Waals surface area contributed by atoms with Gasteiger partial charge < -0.3 is 24.9 Å². The van der Waals surface area contributed by atoms with Gasteiger partial charge in [0, 0.05) is 6.42 Å². The fourth-order valence-electron chi connectivity index (χ4n) is 2.35. The van der Waals surface area contributed by atoms with Crippen molar-refractivity contribution in [2.24, 2.45) is 0 Å². The molecule has 6 nitrogen and oxygen atoms in total. The Hall–Kier alpha value is 1.42. The second-order valence-electron chi connectivity index (χ2n) is 6.30. The molecule has 0 radical (unpaired) electrons. The third-order valence-electron chi connectivity index (χ3n) is 3.82. The predicted molar refractivity (Wildman–Crippen MR) is 97.1 cm³/mol. The Morgan fingerprint density at radius 1 is 0.679 bits per heavy atom. The molecule has 0 amide bonds. The van der Waals surface area contributed by atoms with E-state index in [0.717, 1.165) is 12.8 Å². The molecule has 0 bridgehead atoms. The van der Waals surface area contributed by atoms with Crippen LogP contribution in [0.1, 0.15) is 96.8 Å². The minimum atomic E-state index is -2.19. The van der Waals surface area contributed by atoms with Gasteiger partial charge in [0.2, 0.25) is 0 Å². The number of aliphatic carboxylic acids is 3. The molecule has 0 saturated carbocycles. The molecule has 28 heavy (non-hydrogen) atoms. The topological polar surface area (TPSA) is 118 Å². The quantitative estimate of drug-likeness (QED) is 0.121. The maximum atomic E-state index is 10.3. The van der Waals surface area contributed by atoms with Crippen molar-refractivity contribution in [3.8, 4) is 0 Å². The first kappa shape index (κ1) is 36.8. The molecule has 0 saturated heterocycles. The third kappa shape index (κ3) is 38.1. The van der Waals surface area contributed by atoms with Crippen molar-refractivity contribution in [3.05, 3.63) is 12.2 Å². The molecule has 0 aliphatic carbocycles. The first-order chi connectivity index (χ1) is 12.4. The van der Waals surface area contributed by atoms with E-state index in [9.17, 15) is 4.79 Å². The normalized spacial score (nSPS) is 9.61. The van der Waals surface area contributed by atoms with Crippen molar-refractivity contribution in [1.29, 1.82) is 0 Å². The van der Waals surface area contributed by atoms with Crippen molar-refractivity contribution >= 4 is 17.9 Å². The van der Waals surface area contributed by atoms with Gasteiger partial charge in [0.25, 0.3) is 0 Å². The molecule has 0 aliphatic rings. The van der Waals surface area contributed by atoms with Gasteiger partial charge in [-0.3, -0.25) is 4.79 Å². The summed E-state index contributed by atoms with van der Waals surface area (Å²) in [6.07, 6.45) is 21.2. The second-order valence-corrected chi connectivity index (χ2v) is 6.30. The summed E-state index contributed by atoms with van der Waals surface area (Å²) in [5, 5.41) is 26.4. The van der Waals surface area contributed by atoms with Crippen molar-refractivity contribution in [2.45, 2.75) is 96.8 Å². The molecule has 0 unspecified atom stereocenters. The fraction of sp³-hybridized carbons (Fsp3) is 0.750. The van der Waals surface area contributed by atoms with Crippen LogP contribution >= 0.6 is 0 Å². The standard InChI is InChI=1S/C18H34O2.C2H2O4.2K/c1-2-3-4-5-6-7-8-9-10-11-12-13-14-15-16-17-18(19)20;3-1(4)2(5)6;;/h9-10H,2-8,11-17H2,1H3,(H,19,20);(H,3,4)(H,5,6);;/q;;2*+1/p-2/b10-9-;;;. The van der Waals surface area contributed by atoms with Crippen LogP contribution in [0.5, 0.6) is 0 Å². The Morgan fingerprint density at radius 2 is 1.04 bits per heavy atom. The van der Waals surface area contributed by atoms with Crippen LogP contribution < -0.4 is 113 Å². The monoisotopic (exact) mass is 448 g/mol. The van der Waals surface area contributed by atoms with E-state index in [0.29, 0.717) is 6.42 Å². The van der Waals surface area contributed by atoms with E-state index in [-0.39, 0.29) is 103 Å². The number of carboxylic acid groups (broad SMARTS) is 3. The van der Waals surface area contributed by atoms with Gasteiger partial charge >= 0.3 is 109 Å². The molecule has 8 heteroatoms. The van der Waals surface area contributed by atoms with Crippen molar-refractivity contribution in [2.75, 3.05) is 0 Å². The zero-order valence-corrected chi connectivity index (χ0v) is 24.3. The summed E-state index contributed by atoms with van der Waals surface area (Å²) in [7, 11) is 0. The molecule has 0 aromatic carbocycles. The van der Waals surface area contributed by atoms with Gasteiger partial charge in [-0.25, -0.2) is 0 Å². The van der Waals surface area contributed by atoms with E-state index in [1.807, 2.05) is 0 Å². The minimum absolute atomic E-state index is 0. The van der Waals surface area contributed by atoms with Crippen LogP contribution in [-0.4, -0.2) is 23.0 Å². The summed E-state index contributed by atoms with van der Waals surface area (Å²) >= 11 is 0. The molecule has 0 heterocycles. The number of carboxylic acids is 3. The number of allylic oxidation sites excluding steroid dienone is 2. The van der Waals surface area contributed by atoms with Gasteiger partial charge in [-0.15, -0.1) is 0 Å². The van der Waals surface area contributed by atoms with E-state index < -0.39 is 17.9 Å². The maximum Gasteiger partial charge on any atom is 1.00 e. The van der Waals surface area contributed by atoms with E-state index in [1.54, 1.807) is 0 Å². The number of rotatable bonds is 15. The molecule has 152 valence electrons. The first-order valence-corrected chi connectivity index (χ1v) is 9.70. The summed E-state index contributed by atoms with van der Waals surface area (Å²) in [5.41, 5.74) is 0. The van der Waals surface area contributed by atoms with Crippen molar-refractivity contribution in [3.63, 3.8) is 0 Å². The fourth-order valence-corrected chi connectivity index (χ4v) is 2.35. The maximum absolute atomic E-state index is 10.3. The predicted octanol–water partition coefficient (Wildman–Crippen LogP) is -3.40. The average Bonchev–Trinajstić information content (AvgIpc) is 2.58. The van der Waals surface area contributed by atoms with Gasteiger partial charge in [0.05, 0.1) is 11.9 Å². The van der Waals surface area contributed by atoms with Crippen LogP contribution in [-0.2, 0) is 14.4 Å². The van der Waals surface area contributed by atoms with E-state index >= 15 is 0 Å². The number of carbonyl (C=O) groups is 3. The van der Waals surface area contributed by atoms with Crippen molar-refractivity contribution in [1.82, 2.24) is 0 Å². The van der Waals surface area contributed by atoms with Crippen LogP contribution in [0.3, 0.4) is 0 Å². The van der Waals surface area contributed by atoms with Gasteiger partial charge in [0.15, 0.2) is 0 Å². The minimum Gasteiger partial charge on any atom is -0.543 e. The van der Waals surface area contributed by atoms with Crippen LogP contribution in [0.15, 0.2) is 12.2 Å². The Labute approximate surface area is 255 Å². The number of unbranched alkanes of at least 4 members (excludes halogenated alkanes) is 11. The summed E-state index contributed by atoms with van der Waals surface area (Å²) in [6, 6.07) is 0. The van der Waals surface area contributed by atoms with Crippen LogP contribution in [0.25, 0.3) is 0 Å².